The number of nitrogens with zero attached hydrogens (tertiary/aromatic N) is 1. The second-order valence-electron chi connectivity index (χ2n) is 6.89. The summed E-state index contributed by atoms with van der Waals surface area (Å²) >= 11 is 0. The Hall–Kier alpha value is -2.73. The van der Waals surface area contributed by atoms with Crippen LogP contribution in [-0.4, -0.2) is 17.9 Å². The Morgan fingerprint density at radius 2 is 1.88 bits per heavy atom. The Morgan fingerprint density at radius 1 is 1.19 bits per heavy atom. The lowest BCUT2D eigenvalue weighted by Gasteiger charge is -2.27. The van der Waals surface area contributed by atoms with Crippen molar-refractivity contribution >= 4 is 17.5 Å². The molecule has 6 heteroatoms. The van der Waals surface area contributed by atoms with Gasteiger partial charge in [0, 0.05) is 5.56 Å². The Balaban J connectivity index is 2.11. The number of halogens is 1. The molecule has 0 saturated carbocycles. The number of nitrogens with one attached hydrogen (secondary N) is 1. The van der Waals surface area contributed by atoms with Crippen molar-refractivity contribution in [3.05, 3.63) is 53.8 Å². The van der Waals surface area contributed by atoms with E-state index in [2.05, 4.69) is 5.43 Å². The molecule has 1 aliphatic heterocycles. The van der Waals surface area contributed by atoms with Crippen molar-refractivity contribution in [2.24, 2.45) is 11.7 Å². The first-order chi connectivity index (χ1) is 12.3. The largest absolute Gasteiger partial charge is 0.320 e. The SMILES string of the molecule is CC1C(=O)N(NC(=O)[C@@H](N)C(C)C)c2ccccc2-c2ccc(F)cc21. The average Bonchev–Trinajstić information content (AvgIpc) is 2.71. The van der Waals surface area contributed by atoms with Crippen molar-refractivity contribution in [2.75, 3.05) is 5.01 Å². The molecule has 1 aliphatic rings. The van der Waals surface area contributed by atoms with E-state index in [1.807, 2.05) is 26.0 Å². The van der Waals surface area contributed by atoms with Crippen LogP contribution >= 0.6 is 0 Å². The van der Waals surface area contributed by atoms with Crippen LogP contribution in [0.15, 0.2) is 42.5 Å². The quantitative estimate of drug-likeness (QED) is 0.889. The van der Waals surface area contributed by atoms with Crippen LogP contribution in [0.2, 0.25) is 0 Å². The van der Waals surface area contributed by atoms with E-state index < -0.39 is 23.7 Å². The molecule has 0 radical (unpaired) electrons. The molecule has 0 bridgehead atoms. The topological polar surface area (TPSA) is 75.4 Å². The maximum Gasteiger partial charge on any atom is 0.256 e. The summed E-state index contributed by atoms with van der Waals surface area (Å²) < 4.78 is 13.8. The van der Waals surface area contributed by atoms with E-state index in [4.69, 9.17) is 5.73 Å². The second-order valence-corrected chi connectivity index (χ2v) is 6.89. The highest BCUT2D eigenvalue weighted by Crippen LogP contribution is 2.40. The minimum absolute atomic E-state index is 0.0731. The van der Waals surface area contributed by atoms with E-state index in [9.17, 15) is 14.0 Å². The fourth-order valence-electron chi connectivity index (χ4n) is 3.08. The zero-order valence-electron chi connectivity index (χ0n) is 15.0. The molecule has 3 rings (SSSR count). The number of amides is 2. The minimum atomic E-state index is -0.742. The highest BCUT2D eigenvalue weighted by Gasteiger charge is 2.33. The number of carbonyl (C=O) groups is 2. The monoisotopic (exact) mass is 355 g/mol. The average molecular weight is 355 g/mol. The highest BCUT2D eigenvalue weighted by atomic mass is 19.1. The van der Waals surface area contributed by atoms with Crippen LogP contribution in [-0.2, 0) is 9.59 Å². The third kappa shape index (κ3) is 3.08. The van der Waals surface area contributed by atoms with Crippen molar-refractivity contribution in [2.45, 2.75) is 32.7 Å². The molecule has 3 N–H and O–H groups in total. The van der Waals surface area contributed by atoms with Gasteiger partial charge in [0.15, 0.2) is 0 Å². The van der Waals surface area contributed by atoms with E-state index in [1.54, 1.807) is 25.1 Å². The molecule has 2 aromatic rings. The van der Waals surface area contributed by atoms with Gasteiger partial charge in [0.05, 0.1) is 17.6 Å². The van der Waals surface area contributed by atoms with Gasteiger partial charge in [-0.2, -0.15) is 0 Å². The Kier molecular flexibility index (Phi) is 4.78. The Morgan fingerprint density at radius 3 is 2.58 bits per heavy atom. The van der Waals surface area contributed by atoms with Crippen LogP contribution in [0.1, 0.15) is 32.3 Å². The van der Waals surface area contributed by atoms with Gasteiger partial charge in [-0.15, -0.1) is 0 Å². The van der Waals surface area contributed by atoms with Gasteiger partial charge in [-0.25, -0.2) is 9.40 Å². The molecule has 2 aromatic carbocycles. The van der Waals surface area contributed by atoms with Gasteiger partial charge in [0.1, 0.15) is 5.82 Å². The third-order valence-electron chi connectivity index (χ3n) is 4.75. The molecule has 0 aliphatic carbocycles. The number of benzene rings is 2. The van der Waals surface area contributed by atoms with E-state index in [1.165, 1.54) is 17.1 Å². The summed E-state index contributed by atoms with van der Waals surface area (Å²) in [5.41, 5.74) is 11.2. The van der Waals surface area contributed by atoms with E-state index in [-0.39, 0.29) is 11.8 Å². The summed E-state index contributed by atoms with van der Waals surface area (Å²) in [7, 11) is 0. The number of hydrazine groups is 1. The first-order valence-corrected chi connectivity index (χ1v) is 8.60. The minimum Gasteiger partial charge on any atom is -0.320 e. The molecule has 2 amide bonds. The summed E-state index contributed by atoms with van der Waals surface area (Å²) in [5.74, 6) is -1.88. The van der Waals surface area contributed by atoms with E-state index in [0.717, 1.165) is 11.1 Å². The number of hydrogen-bond donors (Lipinski definition) is 2. The number of hydrogen-bond acceptors (Lipinski definition) is 3. The van der Waals surface area contributed by atoms with Crippen molar-refractivity contribution in [1.82, 2.24) is 5.43 Å². The predicted molar refractivity (Wildman–Crippen MR) is 98.7 cm³/mol. The molecule has 0 fully saturated rings. The van der Waals surface area contributed by atoms with Crippen molar-refractivity contribution < 1.29 is 14.0 Å². The summed E-state index contributed by atoms with van der Waals surface area (Å²) in [5, 5.41) is 1.24. The number of anilines is 1. The van der Waals surface area contributed by atoms with Crippen molar-refractivity contribution in [3.63, 3.8) is 0 Å². The van der Waals surface area contributed by atoms with Gasteiger partial charge in [0.25, 0.3) is 11.8 Å². The molecule has 2 atom stereocenters. The highest BCUT2D eigenvalue weighted by molar-refractivity contribution is 6.06. The van der Waals surface area contributed by atoms with E-state index >= 15 is 0 Å². The lowest BCUT2D eigenvalue weighted by molar-refractivity contribution is -0.127. The molecule has 1 heterocycles. The summed E-state index contributed by atoms with van der Waals surface area (Å²) in [6, 6.07) is 10.9. The second kappa shape index (κ2) is 6.88. The molecular weight excluding hydrogens is 333 g/mol. The summed E-state index contributed by atoms with van der Waals surface area (Å²) in [6.45, 7) is 5.38. The molecule has 0 saturated heterocycles. The molecule has 5 nitrogen and oxygen atoms in total. The molecule has 0 spiro atoms. The Bertz CT molecular complexity index is 866. The van der Waals surface area contributed by atoms with Crippen LogP contribution in [0.5, 0.6) is 0 Å². The number of nitrogens with two attached hydrogens (primary N) is 1. The first kappa shape index (κ1) is 18.1. The summed E-state index contributed by atoms with van der Waals surface area (Å²) in [6.07, 6.45) is 0. The molecular formula is C20H22FN3O2. The molecule has 0 aromatic heterocycles. The van der Waals surface area contributed by atoms with Crippen LogP contribution < -0.4 is 16.2 Å². The fraction of sp³-hybridized carbons (Fsp3) is 0.300. The van der Waals surface area contributed by atoms with Crippen molar-refractivity contribution in [3.8, 4) is 11.1 Å². The molecule has 26 heavy (non-hydrogen) atoms. The summed E-state index contributed by atoms with van der Waals surface area (Å²) in [4.78, 5) is 25.5. The number of para-hydroxylation sites is 1. The first-order valence-electron chi connectivity index (χ1n) is 8.60. The number of carbonyl (C=O) groups excluding carboxylic acids is 2. The maximum absolute atomic E-state index is 13.8. The smallest absolute Gasteiger partial charge is 0.256 e. The third-order valence-corrected chi connectivity index (χ3v) is 4.75. The van der Waals surface area contributed by atoms with Gasteiger partial charge in [-0.05, 0) is 42.2 Å². The molecule has 1 unspecified atom stereocenters. The van der Waals surface area contributed by atoms with Crippen LogP contribution in [0.25, 0.3) is 11.1 Å². The normalized spacial score (nSPS) is 17.4. The predicted octanol–water partition coefficient (Wildman–Crippen LogP) is 2.96. The zero-order chi connectivity index (χ0) is 19.0. The van der Waals surface area contributed by atoms with Gasteiger partial charge in [0.2, 0.25) is 0 Å². The number of fused-ring (bicyclic) bond motifs is 3. The van der Waals surface area contributed by atoms with E-state index in [0.29, 0.717) is 11.3 Å². The van der Waals surface area contributed by atoms with Gasteiger partial charge < -0.3 is 5.73 Å². The van der Waals surface area contributed by atoms with Crippen molar-refractivity contribution in [1.29, 1.82) is 0 Å². The van der Waals surface area contributed by atoms with Crippen LogP contribution in [0.3, 0.4) is 0 Å². The standard InChI is InChI=1S/C20H22FN3O2/c1-11(2)18(22)19(25)23-24-17-7-5-4-6-15(17)14-9-8-13(21)10-16(14)12(3)20(24)26/h4-12,18H,22H2,1-3H3,(H,23,25)/t12?,18-/m0/s1. The Labute approximate surface area is 152 Å². The maximum atomic E-state index is 13.8. The van der Waals surface area contributed by atoms with Crippen LogP contribution in [0.4, 0.5) is 10.1 Å². The fourth-order valence-corrected chi connectivity index (χ4v) is 3.08. The van der Waals surface area contributed by atoms with Gasteiger partial charge in [-0.3, -0.25) is 15.0 Å². The van der Waals surface area contributed by atoms with Gasteiger partial charge >= 0.3 is 0 Å². The lowest BCUT2D eigenvalue weighted by atomic mass is 9.92. The lowest BCUT2D eigenvalue weighted by Crippen LogP contribution is -2.54. The number of rotatable bonds is 3. The zero-order valence-corrected chi connectivity index (χ0v) is 15.0. The van der Waals surface area contributed by atoms with Gasteiger partial charge in [-0.1, -0.05) is 38.1 Å². The molecule has 136 valence electrons. The van der Waals surface area contributed by atoms with Crippen LogP contribution in [0, 0.1) is 11.7 Å².